The van der Waals surface area contributed by atoms with Crippen molar-refractivity contribution in [2.24, 2.45) is 0 Å². The lowest BCUT2D eigenvalue weighted by Gasteiger charge is -2.26. The van der Waals surface area contributed by atoms with Crippen LogP contribution < -0.4 is 10.1 Å². The molecule has 1 aromatic heterocycles. The molecule has 5 nitrogen and oxygen atoms in total. The maximum atomic E-state index is 5.60. The highest BCUT2D eigenvalue weighted by atomic mass is 16.6. The van der Waals surface area contributed by atoms with Crippen LogP contribution in [0, 0.1) is 6.92 Å². The number of aromatic nitrogens is 2. The average Bonchev–Trinajstić information content (AvgIpc) is 2.11. The van der Waals surface area contributed by atoms with Crippen molar-refractivity contribution in [2.75, 3.05) is 25.1 Å². The van der Waals surface area contributed by atoms with E-state index in [1.165, 1.54) is 0 Å². The summed E-state index contributed by atoms with van der Waals surface area (Å²) in [6.07, 6.45) is 0.147. The summed E-state index contributed by atoms with van der Waals surface area (Å²) in [6.45, 7) is 6.02. The van der Waals surface area contributed by atoms with Crippen LogP contribution in [0.4, 0.5) is 5.82 Å². The standard InChI is InChI=1S/C10H15N3O2/c1-3-11-9-4-10(13-7(2)12-9)15-8-5-14-6-8/h4,8H,3,5-6H2,1-2H3,(H,11,12,13). The van der Waals surface area contributed by atoms with E-state index in [9.17, 15) is 0 Å². The molecular formula is C10H15N3O2. The summed E-state index contributed by atoms with van der Waals surface area (Å²) in [6, 6.07) is 1.81. The topological polar surface area (TPSA) is 56.3 Å². The first-order valence-electron chi connectivity index (χ1n) is 5.12. The predicted octanol–water partition coefficient (Wildman–Crippen LogP) is 0.994. The minimum Gasteiger partial charge on any atom is -0.469 e. The van der Waals surface area contributed by atoms with Gasteiger partial charge in [-0.3, -0.25) is 0 Å². The van der Waals surface area contributed by atoms with Crippen LogP contribution in [0.1, 0.15) is 12.7 Å². The SMILES string of the molecule is CCNc1cc(OC2COC2)nc(C)n1. The molecule has 1 saturated heterocycles. The van der Waals surface area contributed by atoms with Gasteiger partial charge in [0.15, 0.2) is 0 Å². The molecule has 0 bridgehead atoms. The number of nitrogens with one attached hydrogen (secondary N) is 1. The van der Waals surface area contributed by atoms with E-state index in [0.29, 0.717) is 24.9 Å². The van der Waals surface area contributed by atoms with E-state index in [1.807, 2.05) is 19.9 Å². The molecule has 1 aliphatic rings. The largest absolute Gasteiger partial charge is 0.469 e. The zero-order valence-corrected chi connectivity index (χ0v) is 8.99. The summed E-state index contributed by atoms with van der Waals surface area (Å²) in [4.78, 5) is 8.45. The van der Waals surface area contributed by atoms with Crippen molar-refractivity contribution in [3.8, 4) is 5.88 Å². The summed E-state index contributed by atoms with van der Waals surface area (Å²) < 4.78 is 10.6. The second-order valence-electron chi connectivity index (χ2n) is 3.45. The molecule has 2 heterocycles. The Balaban J connectivity index is 2.07. The maximum Gasteiger partial charge on any atom is 0.219 e. The van der Waals surface area contributed by atoms with E-state index >= 15 is 0 Å². The molecule has 0 aromatic carbocycles. The van der Waals surface area contributed by atoms with Crippen LogP contribution in [0.3, 0.4) is 0 Å². The number of nitrogens with zero attached hydrogens (tertiary/aromatic N) is 2. The van der Waals surface area contributed by atoms with Crippen molar-refractivity contribution < 1.29 is 9.47 Å². The van der Waals surface area contributed by atoms with Crippen molar-refractivity contribution in [1.82, 2.24) is 9.97 Å². The van der Waals surface area contributed by atoms with Gasteiger partial charge in [0.2, 0.25) is 5.88 Å². The highest BCUT2D eigenvalue weighted by Gasteiger charge is 2.20. The van der Waals surface area contributed by atoms with Crippen LogP contribution in [-0.4, -0.2) is 35.8 Å². The van der Waals surface area contributed by atoms with E-state index in [2.05, 4.69) is 15.3 Å². The van der Waals surface area contributed by atoms with Crippen LogP contribution in [0.15, 0.2) is 6.07 Å². The smallest absolute Gasteiger partial charge is 0.219 e. The van der Waals surface area contributed by atoms with Crippen molar-refractivity contribution in [3.63, 3.8) is 0 Å². The van der Waals surface area contributed by atoms with Crippen molar-refractivity contribution >= 4 is 5.82 Å². The molecule has 82 valence electrons. The molecule has 1 aliphatic heterocycles. The van der Waals surface area contributed by atoms with Crippen molar-refractivity contribution in [3.05, 3.63) is 11.9 Å². The lowest BCUT2D eigenvalue weighted by atomic mass is 10.3. The Bertz CT molecular complexity index is 339. The number of hydrogen-bond acceptors (Lipinski definition) is 5. The Morgan fingerprint density at radius 3 is 2.93 bits per heavy atom. The molecule has 5 heteroatoms. The molecule has 1 fully saturated rings. The van der Waals surface area contributed by atoms with Gasteiger partial charge < -0.3 is 14.8 Å². The molecule has 1 aromatic rings. The molecule has 0 radical (unpaired) electrons. The summed E-state index contributed by atoms with van der Waals surface area (Å²) in [5, 5.41) is 3.14. The maximum absolute atomic E-state index is 5.60. The van der Waals surface area contributed by atoms with E-state index in [0.717, 1.165) is 12.4 Å². The van der Waals surface area contributed by atoms with E-state index in [4.69, 9.17) is 9.47 Å². The molecule has 0 spiro atoms. The Hall–Kier alpha value is -1.36. The summed E-state index contributed by atoms with van der Waals surface area (Å²) >= 11 is 0. The summed E-state index contributed by atoms with van der Waals surface area (Å²) in [5.74, 6) is 2.13. The molecule has 0 saturated carbocycles. The number of aryl methyl sites for hydroxylation is 1. The van der Waals surface area contributed by atoms with Crippen LogP contribution in [0.25, 0.3) is 0 Å². The normalized spacial score (nSPS) is 15.9. The quantitative estimate of drug-likeness (QED) is 0.801. The molecule has 0 atom stereocenters. The zero-order chi connectivity index (χ0) is 10.7. The van der Waals surface area contributed by atoms with Crippen LogP contribution in [-0.2, 0) is 4.74 Å². The average molecular weight is 209 g/mol. The van der Waals surface area contributed by atoms with Crippen LogP contribution in [0.2, 0.25) is 0 Å². The zero-order valence-electron chi connectivity index (χ0n) is 8.99. The van der Waals surface area contributed by atoms with Gasteiger partial charge in [-0.15, -0.1) is 0 Å². The fraction of sp³-hybridized carbons (Fsp3) is 0.600. The van der Waals surface area contributed by atoms with Crippen molar-refractivity contribution in [1.29, 1.82) is 0 Å². The molecule has 2 rings (SSSR count). The Morgan fingerprint density at radius 1 is 1.53 bits per heavy atom. The first-order valence-corrected chi connectivity index (χ1v) is 5.12. The number of anilines is 1. The molecule has 0 amide bonds. The second kappa shape index (κ2) is 4.44. The number of ether oxygens (including phenoxy) is 2. The Morgan fingerprint density at radius 2 is 2.33 bits per heavy atom. The van der Waals surface area contributed by atoms with Gasteiger partial charge in [-0.2, -0.15) is 4.98 Å². The highest BCUT2D eigenvalue weighted by molar-refractivity contribution is 5.38. The monoisotopic (exact) mass is 209 g/mol. The van der Waals surface area contributed by atoms with E-state index in [-0.39, 0.29) is 6.10 Å². The fourth-order valence-electron chi connectivity index (χ4n) is 1.33. The minimum absolute atomic E-state index is 0.147. The number of hydrogen-bond donors (Lipinski definition) is 1. The molecule has 1 N–H and O–H groups in total. The minimum atomic E-state index is 0.147. The predicted molar refractivity (Wildman–Crippen MR) is 56.2 cm³/mol. The van der Waals surface area contributed by atoms with Gasteiger partial charge in [0.1, 0.15) is 17.7 Å². The van der Waals surface area contributed by atoms with Gasteiger partial charge in [0, 0.05) is 12.6 Å². The Kier molecular flexibility index (Phi) is 3.01. The summed E-state index contributed by atoms with van der Waals surface area (Å²) in [5.41, 5.74) is 0. The summed E-state index contributed by atoms with van der Waals surface area (Å²) in [7, 11) is 0. The second-order valence-corrected chi connectivity index (χ2v) is 3.45. The van der Waals surface area contributed by atoms with Gasteiger partial charge in [-0.25, -0.2) is 4.98 Å². The highest BCUT2D eigenvalue weighted by Crippen LogP contribution is 2.16. The molecule has 0 unspecified atom stereocenters. The van der Waals surface area contributed by atoms with Crippen molar-refractivity contribution in [2.45, 2.75) is 20.0 Å². The third kappa shape index (κ3) is 2.56. The fourth-order valence-corrected chi connectivity index (χ4v) is 1.33. The first-order chi connectivity index (χ1) is 7.28. The number of rotatable bonds is 4. The van der Waals surface area contributed by atoms with Gasteiger partial charge in [0.25, 0.3) is 0 Å². The third-order valence-electron chi connectivity index (χ3n) is 2.07. The van der Waals surface area contributed by atoms with E-state index in [1.54, 1.807) is 0 Å². The van der Waals surface area contributed by atoms with Gasteiger partial charge in [-0.1, -0.05) is 0 Å². The molecule has 0 aliphatic carbocycles. The lowest BCUT2D eigenvalue weighted by molar-refractivity contribution is -0.0814. The molecule has 15 heavy (non-hydrogen) atoms. The van der Waals surface area contributed by atoms with Crippen LogP contribution >= 0.6 is 0 Å². The Labute approximate surface area is 88.8 Å². The molecular weight excluding hydrogens is 194 g/mol. The van der Waals surface area contributed by atoms with Gasteiger partial charge in [-0.05, 0) is 13.8 Å². The van der Waals surface area contributed by atoms with Gasteiger partial charge >= 0.3 is 0 Å². The van der Waals surface area contributed by atoms with Gasteiger partial charge in [0.05, 0.1) is 13.2 Å². The third-order valence-corrected chi connectivity index (χ3v) is 2.07. The van der Waals surface area contributed by atoms with E-state index < -0.39 is 0 Å². The lowest BCUT2D eigenvalue weighted by Crippen LogP contribution is -2.38. The van der Waals surface area contributed by atoms with Crippen LogP contribution in [0.5, 0.6) is 5.88 Å². The first kappa shape index (κ1) is 10.2.